The van der Waals surface area contributed by atoms with E-state index >= 15 is 0 Å². The summed E-state index contributed by atoms with van der Waals surface area (Å²) in [5, 5.41) is 1.26. The van der Waals surface area contributed by atoms with Crippen LogP contribution < -0.4 is 10.6 Å². The first-order chi connectivity index (χ1) is 9.86. The highest BCUT2D eigenvalue weighted by Gasteiger charge is 2.37. The minimum atomic E-state index is 0.568. The molecule has 2 aliphatic rings. The molecule has 3 heteroatoms. The van der Waals surface area contributed by atoms with Crippen molar-refractivity contribution in [2.24, 2.45) is 17.6 Å². The van der Waals surface area contributed by atoms with Crippen LogP contribution in [0.3, 0.4) is 0 Å². The summed E-state index contributed by atoms with van der Waals surface area (Å²) in [5.74, 6) is 1.79. The monoisotopic (exact) mass is 267 g/mol. The smallest absolute Gasteiger partial charge is 0.0723 e. The van der Waals surface area contributed by atoms with Crippen LogP contribution in [0.1, 0.15) is 24.8 Å². The van der Waals surface area contributed by atoms with Crippen molar-refractivity contribution < 1.29 is 0 Å². The molecule has 1 aromatic carbocycles. The second-order valence-corrected chi connectivity index (χ2v) is 6.21. The summed E-state index contributed by atoms with van der Waals surface area (Å²) in [5.41, 5.74) is 9.56. The minimum Gasteiger partial charge on any atom is -0.370 e. The Morgan fingerprint density at radius 3 is 2.65 bits per heavy atom. The van der Waals surface area contributed by atoms with Gasteiger partial charge in [-0.2, -0.15) is 0 Å². The molecule has 2 heterocycles. The molecule has 2 N–H and O–H groups in total. The van der Waals surface area contributed by atoms with Gasteiger partial charge < -0.3 is 10.6 Å². The highest BCUT2D eigenvalue weighted by molar-refractivity contribution is 5.93. The van der Waals surface area contributed by atoms with Gasteiger partial charge in [-0.1, -0.05) is 24.6 Å². The lowest BCUT2D eigenvalue weighted by Gasteiger charge is -2.24. The highest BCUT2D eigenvalue weighted by Crippen LogP contribution is 2.42. The third-order valence-electron chi connectivity index (χ3n) is 5.09. The Morgan fingerprint density at radius 2 is 1.90 bits per heavy atom. The molecule has 1 saturated carbocycles. The van der Waals surface area contributed by atoms with Crippen molar-refractivity contribution in [2.45, 2.75) is 25.8 Å². The molecule has 1 aliphatic carbocycles. The van der Waals surface area contributed by atoms with Crippen LogP contribution in [-0.2, 0) is 6.54 Å². The predicted molar refractivity (Wildman–Crippen MR) is 82.7 cm³/mol. The number of anilines is 1. The van der Waals surface area contributed by atoms with Crippen molar-refractivity contribution in [3.63, 3.8) is 0 Å². The first-order valence-electron chi connectivity index (χ1n) is 7.68. The van der Waals surface area contributed by atoms with Gasteiger partial charge in [0.1, 0.15) is 0 Å². The molecule has 3 nitrogen and oxygen atoms in total. The van der Waals surface area contributed by atoms with Crippen LogP contribution in [0.15, 0.2) is 30.5 Å². The van der Waals surface area contributed by atoms with Crippen molar-refractivity contribution in [3.8, 4) is 0 Å². The predicted octanol–water partition coefficient (Wildman–Crippen LogP) is 2.93. The van der Waals surface area contributed by atoms with E-state index in [4.69, 9.17) is 5.73 Å². The average Bonchev–Trinajstić information content (AvgIpc) is 3.07. The average molecular weight is 267 g/mol. The van der Waals surface area contributed by atoms with Gasteiger partial charge in [-0.15, -0.1) is 0 Å². The Hall–Kier alpha value is -1.61. The van der Waals surface area contributed by atoms with Gasteiger partial charge in [0.05, 0.1) is 11.2 Å². The molecule has 20 heavy (non-hydrogen) atoms. The standard InChI is InChI=1S/C17H21N3/c18-8-14-9-19-16-7-2-1-6-15(16)17(14)20-10-12-4-3-5-13(12)11-20/h1-2,6-7,9,12-13H,3-5,8,10-11,18H2. The molecule has 1 aliphatic heterocycles. The summed E-state index contributed by atoms with van der Waals surface area (Å²) >= 11 is 0. The molecule has 0 spiro atoms. The molecule has 2 fully saturated rings. The fraction of sp³-hybridized carbons (Fsp3) is 0.471. The molecule has 104 valence electrons. The Balaban J connectivity index is 1.81. The van der Waals surface area contributed by atoms with Gasteiger partial charge in [-0.05, 0) is 30.7 Å². The molecule has 4 rings (SSSR count). The third-order valence-corrected chi connectivity index (χ3v) is 5.09. The van der Waals surface area contributed by atoms with E-state index < -0.39 is 0 Å². The zero-order valence-corrected chi connectivity index (χ0v) is 11.8. The van der Waals surface area contributed by atoms with Crippen molar-refractivity contribution in [1.82, 2.24) is 4.98 Å². The maximum absolute atomic E-state index is 5.96. The van der Waals surface area contributed by atoms with Gasteiger partial charge in [-0.3, -0.25) is 4.98 Å². The first kappa shape index (κ1) is 12.2. The molecule has 2 atom stereocenters. The molecule has 2 unspecified atom stereocenters. The third kappa shape index (κ3) is 1.80. The van der Waals surface area contributed by atoms with Crippen molar-refractivity contribution >= 4 is 16.6 Å². The summed E-state index contributed by atoms with van der Waals surface area (Å²) in [6.07, 6.45) is 6.19. The zero-order valence-electron chi connectivity index (χ0n) is 11.8. The van der Waals surface area contributed by atoms with E-state index in [0.717, 1.165) is 17.4 Å². The van der Waals surface area contributed by atoms with Crippen LogP contribution in [0.5, 0.6) is 0 Å². The molecular formula is C17H21N3. The number of benzene rings is 1. The lowest BCUT2D eigenvalue weighted by atomic mass is 10.0. The first-order valence-corrected chi connectivity index (χ1v) is 7.68. The largest absolute Gasteiger partial charge is 0.370 e. The van der Waals surface area contributed by atoms with E-state index in [0.29, 0.717) is 6.54 Å². The highest BCUT2D eigenvalue weighted by atomic mass is 15.2. The lowest BCUT2D eigenvalue weighted by molar-refractivity contribution is 0.494. The summed E-state index contributed by atoms with van der Waals surface area (Å²) in [7, 11) is 0. The summed E-state index contributed by atoms with van der Waals surface area (Å²) < 4.78 is 0. The number of nitrogens with zero attached hydrogens (tertiary/aromatic N) is 2. The van der Waals surface area contributed by atoms with Gasteiger partial charge in [0, 0.05) is 36.8 Å². The Labute approximate surface area is 119 Å². The maximum Gasteiger partial charge on any atom is 0.0723 e. The van der Waals surface area contributed by atoms with Crippen molar-refractivity contribution in [1.29, 1.82) is 0 Å². The number of aromatic nitrogens is 1. The fourth-order valence-corrected chi connectivity index (χ4v) is 4.11. The SMILES string of the molecule is NCc1cnc2ccccc2c1N1CC2CCCC2C1. The zero-order chi connectivity index (χ0) is 13.5. The molecule has 0 bridgehead atoms. The quantitative estimate of drug-likeness (QED) is 0.909. The van der Waals surface area contributed by atoms with E-state index in [9.17, 15) is 0 Å². The number of para-hydroxylation sites is 1. The normalized spacial score (nSPS) is 25.4. The summed E-state index contributed by atoms with van der Waals surface area (Å²) in [4.78, 5) is 7.12. The molecular weight excluding hydrogens is 246 g/mol. The number of hydrogen-bond donors (Lipinski definition) is 1. The van der Waals surface area contributed by atoms with Crippen LogP contribution in [0.2, 0.25) is 0 Å². The van der Waals surface area contributed by atoms with Crippen molar-refractivity contribution in [2.75, 3.05) is 18.0 Å². The molecule has 2 aromatic rings. The number of fused-ring (bicyclic) bond motifs is 2. The molecule has 1 saturated heterocycles. The summed E-state index contributed by atoms with van der Waals surface area (Å²) in [6.45, 7) is 2.97. The van der Waals surface area contributed by atoms with Crippen molar-refractivity contribution in [3.05, 3.63) is 36.0 Å². The lowest BCUT2D eigenvalue weighted by Crippen LogP contribution is -2.23. The second kappa shape index (κ2) is 4.74. The Morgan fingerprint density at radius 1 is 1.15 bits per heavy atom. The Bertz CT molecular complexity index is 625. The van der Waals surface area contributed by atoms with Crippen LogP contribution in [0.25, 0.3) is 10.9 Å². The molecule has 0 amide bonds. The number of pyridine rings is 1. The van der Waals surface area contributed by atoms with E-state index in [1.54, 1.807) is 0 Å². The second-order valence-electron chi connectivity index (χ2n) is 6.21. The number of nitrogens with two attached hydrogens (primary N) is 1. The summed E-state index contributed by atoms with van der Waals surface area (Å²) in [6, 6.07) is 8.44. The topological polar surface area (TPSA) is 42.1 Å². The van der Waals surface area contributed by atoms with Crippen LogP contribution >= 0.6 is 0 Å². The van der Waals surface area contributed by atoms with E-state index in [1.165, 1.54) is 49.0 Å². The maximum atomic E-state index is 5.96. The molecule has 1 aromatic heterocycles. The van der Waals surface area contributed by atoms with Gasteiger partial charge in [0.25, 0.3) is 0 Å². The fourth-order valence-electron chi connectivity index (χ4n) is 4.11. The van der Waals surface area contributed by atoms with E-state index in [1.807, 2.05) is 6.20 Å². The van der Waals surface area contributed by atoms with Crippen LogP contribution in [0.4, 0.5) is 5.69 Å². The van der Waals surface area contributed by atoms with Crippen LogP contribution in [0, 0.1) is 11.8 Å². The van der Waals surface area contributed by atoms with Gasteiger partial charge >= 0.3 is 0 Å². The van der Waals surface area contributed by atoms with E-state index in [2.05, 4.69) is 34.1 Å². The minimum absolute atomic E-state index is 0.568. The van der Waals surface area contributed by atoms with Gasteiger partial charge in [-0.25, -0.2) is 0 Å². The van der Waals surface area contributed by atoms with E-state index in [-0.39, 0.29) is 0 Å². The Kier molecular flexibility index (Phi) is 2.88. The van der Waals surface area contributed by atoms with Gasteiger partial charge in [0.2, 0.25) is 0 Å². The number of rotatable bonds is 2. The van der Waals surface area contributed by atoms with Gasteiger partial charge in [0.15, 0.2) is 0 Å². The number of hydrogen-bond acceptors (Lipinski definition) is 3. The molecule has 0 radical (unpaired) electrons. The van der Waals surface area contributed by atoms with Crippen LogP contribution in [-0.4, -0.2) is 18.1 Å².